The molecule has 5 heteroatoms. The van der Waals surface area contributed by atoms with Crippen LogP contribution in [-0.4, -0.2) is 48.7 Å². The topological polar surface area (TPSA) is 55.6 Å². The molecule has 1 amide bonds. The van der Waals surface area contributed by atoms with Crippen molar-refractivity contribution in [3.05, 3.63) is 35.4 Å². The lowest BCUT2D eigenvalue weighted by Crippen LogP contribution is -2.34. The maximum Gasteiger partial charge on any atom is 0.337 e. The minimum Gasteiger partial charge on any atom is -0.465 e. The second-order valence-electron chi connectivity index (χ2n) is 6.38. The quantitative estimate of drug-likeness (QED) is 0.618. The molecule has 3 aliphatic rings. The van der Waals surface area contributed by atoms with E-state index < -0.39 is 0 Å². The monoisotopic (exact) mass is 301 g/mol. The number of carbonyl (C=O) groups is 2. The van der Waals surface area contributed by atoms with Crippen molar-refractivity contribution in [2.45, 2.75) is 30.8 Å². The molecule has 2 aliphatic heterocycles. The highest BCUT2D eigenvalue weighted by atomic mass is 16.5. The summed E-state index contributed by atoms with van der Waals surface area (Å²) in [5.74, 6) is 0.158. The number of benzene rings is 1. The van der Waals surface area contributed by atoms with Crippen molar-refractivity contribution in [1.82, 2.24) is 4.90 Å². The molecule has 1 spiro atoms. The van der Waals surface area contributed by atoms with Crippen LogP contribution in [0.5, 0.6) is 0 Å². The molecule has 1 aromatic rings. The molecule has 3 unspecified atom stereocenters. The van der Waals surface area contributed by atoms with Gasteiger partial charge in [-0.3, -0.25) is 4.79 Å². The zero-order valence-electron chi connectivity index (χ0n) is 12.6. The Morgan fingerprint density at radius 1 is 1.23 bits per heavy atom. The Morgan fingerprint density at radius 3 is 2.68 bits per heavy atom. The predicted molar refractivity (Wildman–Crippen MR) is 78.6 cm³/mol. The SMILES string of the molecule is COC(=O)c1ccc(C(=O)N2C3COCC4CCCC432)cc1. The second kappa shape index (κ2) is 4.81. The van der Waals surface area contributed by atoms with E-state index in [1.165, 1.54) is 13.5 Å². The Bertz CT molecular complexity index is 626. The van der Waals surface area contributed by atoms with Crippen molar-refractivity contribution in [2.24, 2.45) is 5.92 Å². The number of ether oxygens (including phenoxy) is 2. The van der Waals surface area contributed by atoms with Gasteiger partial charge in [-0.15, -0.1) is 0 Å². The van der Waals surface area contributed by atoms with Crippen molar-refractivity contribution in [3.8, 4) is 0 Å². The number of methoxy groups -OCH3 is 1. The Kier molecular flexibility index (Phi) is 3.01. The van der Waals surface area contributed by atoms with Crippen LogP contribution < -0.4 is 0 Å². The van der Waals surface area contributed by atoms with Crippen molar-refractivity contribution >= 4 is 11.9 Å². The zero-order chi connectivity index (χ0) is 15.3. The van der Waals surface area contributed by atoms with Gasteiger partial charge in [-0.25, -0.2) is 4.79 Å². The van der Waals surface area contributed by atoms with Gasteiger partial charge in [-0.1, -0.05) is 6.42 Å². The van der Waals surface area contributed by atoms with Crippen molar-refractivity contribution in [1.29, 1.82) is 0 Å². The molecule has 2 heterocycles. The van der Waals surface area contributed by atoms with Crippen LogP contribution in [-0.2, 0) is 9.47 Å². The summed E-state index contributed by atoms with van der Waals surface area (Å²) in [4.78, 5) is 26.3. The van der Waals surface area contributed by atoms with Crippen molar-refractivity contribution < 1.29 is 19.1 Å². The van der Waals surface area contributed by atoms with Crippen LogP contribution in [0.4, 0.5) is 0 Å². The van der Waals surface area contributed by atoms with Crippen LogP contribution in [0, 0.1) is 5.92 Å². The summed E-state index contributed by atoms with van der Waals surface area (Å²) in [5, 5.41) is 0. The predicted octanol–water partition coefficient (Wildman–Crippen LogP) is 1.87. The molecule has 0 bridgehead atoms. The van der Waals surface area contributed by atoms with Crippen LogP contribution in [0.25, 0.3) is 0 Å². The Hall–Kier alpha value is -1.88. The average molecular weight is 301 g/mol. The van der Waals surface area contributed by atoms with Gasteiger partial charge in [0.15, 0.2) is 0 Å². The molecule has 2 saturated heterocycles. The summed E-state index contributed by atoms with van der Waals surface area (Å²) in [6.07, 6.45) is 3.43. The van der Waals surface area contributed by atoms with E-state index in [9.17, 15) is 9.59 Å². The molecule has 4 rings (SSSR count). The summed E-state index contributed by atoms with van der Waals surface area (Å²) in [5.41, 5.74) is 1.14. The third-order valence-electron chi connectivity index (χ3n) is 5.47. The molecule has 116 valence electrons. The average Bonchev–Trinajstić information content (AvgIpc) is 3.02. The van der Waals surface area contributed by atoms with Crippen LogP contribution in [0.1, 0.15) is 40.0 Å². The highest BCUT2D eigenvalue weighted by Crippen LogP contribution is 2.58. The molecule has 22 heavy (non-hydrogen) atoms. The summed E-state index contributed by atoms with van der Waals surface area (Å²) in [6.45, 7) is 1.43. The molecule has 1 saturated carbocycles. The van der Waals surface area contributed by atoms with E-state index in [2.05, 4.69) is 4.74 Å². The minimum atomic E-state index is -0.387. The first-order valence-corrected chi connectivity index (χ1v) is 7.78. The van der Waals surface area contributed by atoms with Gasteiger partial charge in [0.1, 0.15) is 0 Å². The highest BCUT2D eigenvalue weighted by molar-refractivity contribution is 5.98. The van der Waals surface area contributed by atoms with Gasteiger partial charge in [-0.2, -0.15) is 0 Å². The molecular formula is C17H19NO4. The van der Waals surface area contributed by atoms with Gasteiger partial charge in [0.05, 0.1) is 37.5 Å². The summed E-state index contributed by atoms with van der Waals surface area (Å²) in [6, 6.07) is 6.95. The number of rotatable bonds is 2. The molecule has 5 nitrogen and oxygen atoms in total. The fraction of sp³-hybridized carbons (Fsp3) is 0.529. The van der Waals surface area contributed by atoms with E-state index in [1.54, 1.807) is 24.3 Å². The minimum absolute atomic E-state index is 0.0519. The summed E-state index contributed by atoms with van der Waals surface area (Å²) < 4.78 is 10.3. The number of carbonyl (C=O) groups excluding carboxylic acids is 2. The van der Waals surface area contributed by atoms with E-state index in [4.69, 9.17) is 4.74 Å². The molecule has 3 atom stereocenters. The zero-order valence-corrected chi connectivity index (χ0v) is 12.6. The number of esters is 1. The van der Waals surface area contributed by atoms with Gasteiger partial charge < -0.3 is 14.4 Å². The second-order valence-corrected chi connectivity index (χ2v) is 6.38. The maximum atomic E-state index is 12.8. The van der Waals surface area contributed by atoms with Crippen LogP contribution in [0.15, 0.2) is 24.3 Å². The van der Waals surface area contributed by atoms with E-state index in [0.717, 1.165) is 19.4 Å². The Morgan fingerprint density at radius 2 is 1.95 bits per heavy atom. The van der Waals surface area contributed by atoms with Gasteiger partial charge in [0.25, 0.3) is 5.91 Å². The first-order chi connectivity index (χ1) is 10.7. The first kappa shape index (κ1) is 13.8. The molecular weight excluding hydrogens is 282 g/mol. The van der Waals surface area contributed by atoms with E-state index >= 15 is 0 Å². The fourth-order valence-corrected chi connectivity index (χ4v) is 4.36. The lowest BCUT2D eigenvalue weighted by atomic mass is 9.91. The Labute approximate surface area is 129 Å². The van der Waals surface area contributed by atoms with E-state index in [0.29, 0.717) is 23.7 Å². The van der Waals surface area contributed by atoms with Crippen LogP contribution in [0.2, 0.25) is 0 Å². The number of hydrogen-bond donors (Lipinski definition) is 0. The van der Waals surface area contributed by atoms with E-state index in [-0.39, 0.29) is 23.5 Å². The van der Waals surface area contributed by atoms with Gasteiger partial charge in [-0.05, 0) is 37.1 Å². The van der Waals surface area contributed by atoms with Crippen molar-refractivity contribution in [3.63, 3.8) is 0 Å². The summed E-state index contributed by atoms with van der Waals surface area (Å²) in [7, 11) is 1.35. The lowest BCUT2D eigenvalue weighted by Gasteiger charge is -2.22. The molecule has 0 aromatic heterocycles. The van der Waals surface area contributed by atoms with Gasteiger partial charge >= 0.3 is 5.97 Å². The first-order valence-electron chi connectivity index (χ1n) is 7.78. The lowest BCUT2D eigenvalue weighted by molar-refractivity contribution is 0.0599. The molecule has 0 N–H and O–H groups in total. The number of nitrogens with zero attached hydrogens (tertiary/aromatic N) is 1. The molecule has 3 fully saturated rings. The third-order valence-corrected chi connectivity index (χ3v) is 5.47. The molecule has 0 radical (unpaired) electrons. The van der Waals surface area contributed by atoms with Crippen LogP contribution >= 0.6 is 0 Å². The van der Waals surface area contributed by atoms with E-state index in [1.807, 2.05) is 4.90 Å². The van der Waals surface area contributed by atoms with Crippen LogP contribution in [0.3, 0.4) is 0 Å². The van der Waals surface area contributed by atoms with Crippen molar-refractivity contribution in [2.75, 3.05) is 20.3 Å². The smallest absolute Gasteiger partial charge is 0.337 e. The third kappa shape index (κ3) is 1.75. The highest BCUT2D eigenvalue weighted by Gasteiger charge is 2.71. The van der Waals surface area contributed by atoms with Gasteiger partial charge in [0.2, 0.25) is 0 Å². The normalized spacial score (nSPS) is 32.1. The maximum absolute atomic E-state index is 12.8. The standard InChI is InChI=1S/C17H19NO4/c1-21-16(20)12-6-4-11(5-7-12)15(19)18-14-10-22-9-13-3-2-8-17(13,14)18/h4-7,13-14H,2-3,8-10H2,1H3. The number of hydrogen-bond acceptors (Lipinski definition) is 4. The largest absolute Gasteiger partial charge is 0.465 e. The Balaban J connectivity index is 1.57. The fourth-order valence-electron chi connectivity index (χ4n) is 4.36. The molecule has 1 aromatic carbocycles. The molecule has 1 aliphatic carbocycles. The van der Waals surface area contributed by atoms with Gasteiger partial charge in [0, 0.05) is 11.5 Å². The summed E-state index contributed by atoms with van der Waals surface area (Å²) >= 11 is 0. The number of amides is 1.